The number of hydrogen-bond acceptors (Lipinski definition) is 4. The van der Waals surface area contributed by atoms with Crippen LogP contribution in [-0.4, -0.2) is 30.9 Å². The lowest BCUT2D eigenvalue weighted by atomic mass is 10.0. The van der Waals surface area contributed by atoms with E-state index in [9.17, 15) is 9.59 Å². The highest BCUT2D eigenvalue weighted by Crippen LogP contribution is 2.19. The number of esters is 1. The number of Topliss-reactive ketones (excluding diaryl/α,β-unsaturated/α-hetero) is 1. The van der Waals surface area contributed by atoms with Crippen molar-refractivity contribution in [1.82, 2.24) is 5.32 Å². The van der Waals surface area contributed by atoms with Crippen molar-refractivity contribution < 1.29 is 14.3 Å². The largest absolute Gasteiger partial charge is 0.469 e. The first-order valence-corrected chi connectivity index (χ1v) is 7.13. The molecule has 1 aromatic carbocycles. The molecule has 0 saturated heterocycles. The third kappa shape index (κ3) is 3.90. The number of methoxy groups -OCH3 is 1. The van der Waals surface area contributed by atoms with Gasteiger partial charge in [0.05, 0.1) is 19.6 Å². The Kier molecular flexibility index (Phi) is 5.30. The van der Waals surface area contributed by atoms with E-state index in [1.807, 2.05) is 18.2 Å². The average Bonchev–Trinajstić information content (AvgIpc) is 2.99. The van der Waals surface area contributed by atoms with Gasteiger partial charge in [0.25, 0.3) is 0 Å². The summed E-state index contributed by atoms with van der Waals surface area (Å²) >= 11 is 0. The van der Waals surface area contributed by atoms with Crippen LogP contribution in [0.15, 0.2) is 30.3 Å². The number of nitrogens with one attached hydrogen (secondary N) is 1. The third-order valence-electron chi connectivity index (χ3n) is 3.77. The summed E-state index contributed by atoms with van der Waals surface area (Å²) in [6.07, 6.45) is 4.59. The number of ketones is 1. The van der Waals surface area contributed by atoms with Gasteiger partial charge in [-0.25, -0.2) is 0 Å². The first kappa shape index (κ1) is 14.7. The number of carbonyl (C=O) groups is 2. The van der Waals surface area contributed by atoms with Crippen LogP contribution in [-0.2, 0) is 9.53 Å². The van der Waals surface area contributed by atoms with Gasteiger partial charge in [-0.15, -0.1) is 0 Å². The number of rotatable bonds is 6. The minimum absolute atomic E-state index is 0.0390. The lowest BCUT2D eigenvalue weighted by Gasteiger charge is -2.21. The number of ether oxygens (including phenoxy) is 1. The fourth-order valence-electron chi connectivity index (χ4n) is 2.66. The molecular weight excluding hydrogens is 254 g/mol. The van der Waals surface area contributed by atoms with Gasteiger partial charge in [0.2, 0.25) is 0 Å². The van der Waals surface area contributed by atoms with Gasteiger partial charge in [0.1, 0.15) is 0 Å². The maximum Gasteiger partial charge on any atom is 0.307 e. The lowest BCUT2D eigenvalue weighted by molar-refractivity contribution is -0.141. The van der Waals surface area contributed by atoms with Crippen molar-refractivity contribution in [3.63, 3.8) is 0 Å². The van der Waals surface area contributed by atoms with Crippen LogP contribution in [0.2, 0.25) is 0 Å². The van der Waals surface area contributed by atoms with Crippen LogP contribution in [0.4, 0.5) is 0 Å². The quantitative estimate of drug-likeness (QED) is 0.639. The molecule has 2 rings (SSSR count). The van der Waals surface area contributed by atoms with Crippen molar-refractivity contribution in [2.45, 2.75) is 44.2 Å². The topological polar surface area (TPSA) is 55.4 Å². The van der Waals surface area contributed by atoms with Crippen LogP contribution in [0.25, 0.3) is 0 Å². The minimum atomic E-state index is -0.493. The Labute approximate surface area is 119 Å². The average molecular weight is 275 g/mol. The van der Waals surface area contributed by atoms with Gasteiger partial charge in [-0.1, -0.05) is 43.2 Å². The van der Waals surface area contributed by atoms with E-state index in [-0.39, 0.29) is 18.2 Å². The van der Waals surface area contributed by atoms with Crippen molar-refractivity contribution in [1.29, 1.82) is 0 Å². The molecule has 4 nitrogen and oxygen atoms in total. The van der Waals surface area contributed by atoms with E-state index in [0.717, 1.165) is 12.8 Å². The summed E-state index contributed by atoms with van der Waals surface area (Å²) in [6.45, 7) is 0. The first-order chi connectivity index (χ1) is 9.70. The number of carbonyl (C=O) groups excluding carboxylic acids is 2. The predicted octanol–water partition coefficient (Wildman–Crippen LogP) is 2.33. The van der Waals surface area contributed by atoms with Gasteiger partial charge in [-0.3, -0.25) is 9.59 Å². The highest BCUT2D eigenvalue weighted by atomic mass is 16.5. The molecule has 0 heterocycles. The monoisotopic (exact) mass is 275 g/mol. The molecular formula is C16H21NO3. The molecule has 0 aliphatic heterocycles. The molecule has 1 aromatic rings. The Morgan fingerprint density at radius 1 is 1.25 bits per heavy atom. The SMILES string of the molecule is COC(=O)CC(NC1CCCC1)C(=O)c1ccccc1. The summed E-state index contributed by atoms with van der Waals surface area (Å²) < 4.78 is 4.70. The van der Waals surface area contributed by atoms with Crippen molar-refractivity contribution in [3.05, 3.63) is 35.9 Å². The van der Waals surface area contributed by atoms with Gasteiger partial charge >= 0.3 is 5.97 Å². The molecule has 0 amide bonds. The fourth-order valence-corrected chi connectivity index (χ4v) is 2.66. The Morgan fingerprint density at radius 2 is 1.90 bits per heavy atom. The van der Waals surface area contributed by atoms with Gasteiger partial charge in [0.15, 0.2) is 5.78 Å². The predicted molar refractivity (Wildman–Crippen MR) is 76.6 cm³/mol. The molecule has 0 aromatic heterocycles. The Bertz CT molecular complexity index is 452. The zero-order valence-electron chi connectivity index (χ0n) is 11.8. The van der Waals surface area contributed by atoms with E-state index in [1.54, 1.807) is 12.1 Å². The second-order valence-electron chi connectivity index (χ2n) is 5.21. The van der Waals surface area contributed by atoms with Crippen molar-refractivity contribution in [2.75, 3.05) is 7.11 Å². The van der Waals surface area contributed by atoms with E-state index in [1.165, 1.54) is 20.0 Å². The van der Waals surface area contributed by atoms with Crippen LogP contribution >= 0.6 is 0 Å². The van der Waals surface area contributed by atoms with E-state index < -0.39 is 6.04 Å². The summed E-state index contributed by atoms with van der Waals surface area (Å²) in [4.78, 5) is 24.0. The summed E-state index contributed by atoms with van der Waals surface area (Å²) in [5, 5.41) is 3.33. The van der Waals surface area contributed by atoms with Crippen LogP contribution < -0.4 is 5.32 Å². The second-order valence-corrected chi connectivity index (χ2v) is 5.21. The van der Waals surface area contributed by atoms with Gasteiger partial charge in [-0.2, -0.15) is 0 Å². The Balaban J connectivity index is 2.08. The van der Waals surface area contributed by atoms with Gasteiger partial charge in [-0.05, 0) is 12.8 Å². The molecule has 1 N–H and O–H groups in total. The normalized spacial score (nSPS) is 16.9. The zero-order chi connectivity index (χ0) is 14.4. The van der Waals surface area contributed by atoms with Gasteiger partial charge in [0, 0.05) is 11.6 Å². The molecule has 1 saturated carbocycles. The summed E-state index contributed by atoms with van der Waals surface area (Å²) in [5.41, 5.74) is 0.631. The molecule has 1 atom stereocenters. The Hall–Kier alpha value is -1.68. The smallest absolute Gasteiger partial charge is 0.307 e. The molecule has 1 aliphatic rings. The van der Waals surface area contributed by atoms with Gasteiger partial charge < -0.3 is 10.1 Å². The fraction of sp³-hybridized carbons (Fsp3) is 0.500. The zero-order valence-corrected chi connectivity index (χ0v) is 11.8. The third-order valence-corrected chi connectivity index (χ3v) is 3.77. The van der Waals surface area contributed by atoms with Crippen molar-refractivity contribution in [3.8, 4) is 0 Å². The maximum absolute atomic E-state index is 12.5. The molecule has 1 aliphatic carbocycles. The molecule has 0 radical (unpaired) electrons. The van der Waals surface area contributed by atoms with Crippen LogP contribution in [0.3, 0.4) is 0 Å². The summed E-state index contributed by atoms with van der Waals surface area (Å²) in [5.74, 6) is -0.396. The highest BCUT2D eigenvalue weighted by Gasteiger charge is 2.27. The molecule has 0 spiro atoms. The molecule has 1 unspecified atom stereocenters. The lowest BCUT2D eigenvalue weighted by Crippen LogP contribution is -2.43. The van der Waals surface area contributed by atoms with E-state index in [0.29, 0.717) is 11.6 Å². The minimum Gasteiger partial charge on any atom is -0.469 e. The maximum atomic E-state index is 12.5. The van der Waals surface area contributed by atoms with Crippen molar-refractivity contribution in [2.24, 2.45) is 0 Å². The van der Waals surface area contributed by atoms with Crippen LogP contribution in [0.5, 0.6) is 0 Å². The summed E-state index contributed by atoms with van der Waals surface area (Å²) in [6, 6.07) is 8.93. The standard InChI is InChI=1S/C16H21NO3/c1-20-15(18)11-14(17-13-9-5-6-10-13)16(19)12-7-3-2-4-8-12/h2-4,7-8,13-14,17H,5-6,9-11H2,1H3. The molecule has 20 heavy (non-hydrogen) atoms. The number of hydrogen-bond donors (Lipinski definition) is 1. The van der Waals surface area contributed by atoms with Crippen molar-refractivity contribution >= 4 is 11.8 Å². The highest BCUT2D eigenvalue weighted by molar-refractivity contribution is 6.01. The number of benzene rings is 1. The molecule has 4 heteroatoms. The van der Waals surface area contributed by atoms with E-state index >= 15 is 0 Å². The first-order valence-electron chi connectivity index (χ1n) is 7.13. The molecule has 108 valence electrons. The summed E-state index contributed by atoms with van der Waals surface area (Å²) in [7, 11) is 1.35. The van der Waals surface area contributed by atoms with E-state index in [4.69, 9.17) is 4.74 Å². The van der Waals surface area contributed by atoms with E-state index in [2.05, 4.69) is 5.32 Å². The van der Waals surface area contributed by atoms with Crippen LogP contribution in [0, 0.1) is 0 Å². The molecule has 1 fully saturated rings. The second kappa shape index (κ2) is 7.20. The molecule has 0 bridgehead atoms. The van der Waals surface area contributed by atoms with Crippen LogP contribution in [0.1, 0.15) is 42.5 Å². The Morgan fingerprint density at radius 3 is 2.50 bits per heavy atom.